The van der Waals surface area contributed by atoms with E-state index in [2.05, 4.69) is 5.32 Å². The highest BCUT2D eigenvalue weighted by atomic mass is 35.5. The van der Waals surface area contributed by atoms with E-state index in [-0.39, 0.29) is 30.1 Å². The number of amides is 1. The first kappa shape index (κ1) is 14.1. The molecule has 1 saturated carbocycles. The van der Waals surface area contributed by atoms with Crippen LogP contribution < -0.4 is 5.32 Å². The van der Waals surface area contributed by atoms with Crippen molar-refractivity contribution in [1.29, 1.82) is 0 Å². The summed E-state index contributed by atoms with van der Waals surface area (Å²) in [7, 11) is 0. The lowest BCUT2D eigenvalue weighted by Crippen LogP contribution is -2.28. The van der Waals surface area contributed by atoms with Gasteiger partial charge in [0.2, 0.25) is 5.91 Å². The fraction of sp³-hybridized carbons (Fsp3) is 0.235. The van der Waals surface area contributed by atoms with Gasteiger partial charge in [0.25, 0.3) is 0 Å². The molecule has 2 aromatic carbocycles. The molecule has 1 N–H and O–H groups in total. The van der Waals surface area contributed by atoms with Gasteiger partial charge in [-0.05, 0) is 35.7 Å². The monoisotopic (exact) mass is 303 g/mol. The first-order chi connectivity index (χ1) is 10.1. The van der Waals surface area contributed by atoms with Crippen LogP contribution >= 0.6 is 11.6 Å². The van der Waals surface area contributed by atoms with Gasteiger partial charge in [-0.25, -0.2) is 4.39 Å². The summed E-state index contributed by atoms with van der Waals surface area (Å²) < 4.78 is 13.1. The third-order valence-corrected chi connectivity index (χ3v) is 4.04. The highest BCUT2D eigenvalue weighted by molar-refractivity contribution is 6.31. The second-order valence-electron chi connectivity index (χ2n) is 5.34. The van der Waals surface area contributed by atoms with Gasteiger partial charge in [0.05, 0.1) is 6.42 Å². The fourth-order valence-corrected chi connectivity index (χ4v) is 2.84. The maximum atomic E-state index is 13.1. The van der Waals surface area contributed by atoms with Gasteiger partial charge >= 0.3 is 0 Å². The summed E-state index contributed by atoms with van der Waals surface area (Å²) in [6.45, 7) is 0. The van der Waals surface area contributed by atoms with Crippen LogP contribution in [-0.2, 0) is 11.2 Å². The van der Waals surface area contributed by atoms with Crippen molar-refractivity contribution in [2.75, 3.05) is 0 Å². The number of rotatable bonds is 4. The topological polar surface area (TPSA) is 29.1 Å². The summed E-state index contributed by atoms with van der Waals surface area (Å²) in [5, 5.41) is 3.72. The predicted molar refractivity (Wildman–Crippen MR) is 80.8 cm³/mol. The Balaban J connectivity index is 1.57. The van der Waals surface area contributed by atoms with Crippen LogP contribution in [-0.4, -0.2) is 11.9 Å². The largest absolute Gasteiger partial charge is 0.352 e. The Kier molecular flexibility index (Phi) is 3.93. The zero-order valence-electron chi connectivity index (χ0n) is 11.4. The van der Waals surface area contributed by atoms with Crippen LogP contribution in [0.4, 0.5) is 4.39 Å². The molecular weight excluding hydrogens is 289 g/mol. The molecule has 2 nitrogen and oxygen atoms in total. The lowest BCUT2D eigenvalue weighted by molar-refractivity contribution is -0.120. The Morgan fingerprint density at radius 3 is 2.81 bits per heavy atom. The molecule has 0 radical (unpaired) electrons. The molecule has 4 heteroatoms. The lowest BCUT2D eigenvalue weighted by atomic mass is 10.1. The van der Waals surface area contributed by atoms with Crippen molar-refractivity contribution in [3.05, 3.63) is 70.5 Å². The van der Waals surface area contributed by atoms with Crippen LogP contribution in [0.3, 0.4) is 0 Å². The van der Waals surface area contributed by atoms with E-state index in [9.17, 15) is 9.18 Å². The van der Waals surface area contributed by atoms with Crippen LogP contribution in [0.5, 0.6) is 0 Å². The third kappa shape index (κ3) is 3.42. The molecule has 0 heterocycles. The molecule has 0 aliphatic heterocycles. The van der Waals surface area contributed by atoms with E-state index in [0.717, 1.165) is 17.0 Å². The average Bonchev–Trinajstić information content (AvgIpc) is 3.18. The van der Waals surface area contributed by atoms with E-state index < -0.39 is 0 Å². The van der Waals surface area contributed by atoms with Crippen molar-refractivity contribution in [2.24, 2.45) is 0 Å². The normalized spacial score (nSPS) is 20.1. The van der Waals surface area contributed by atoms with Crippen LogP contribution in [0.25, 0.3) is 0 Å². The van der Waals surface area contributed by atoms with E-state index in [1.165, 1.54) is 12.1 Å². The van der Waals surface area contributed by atoms with Gasteiger partial charge in [0.1, 0.15) is 5.82 Å². The molecule has 0 saturated heterocycles. The Morgan fingerprint density at radius 2 is 2.05 bits per heavy atom. The molecule has 0 bridgehead atoms. The van der Waals surface area contributed by atoms with Crippen molar-refractivity contribution in [2.45, 2.75) is 24.8 Å². The Labute approximate surface area is 127 Å². The standard InChI is InChI=1S/C17H15ClFNO/c18-15-7-2-1-6-13(15)14-10-16(14)20-17(21)9-11-4-3-5-12(19)8-11/h1-8,14,16H,9-10H2,(H,20,21)/t14-,16+/m0/s1. The molecule has 1 aliphatic rings. The first-order valence-corrected chi connectivity index (χ1v) is 7.29. The maximum absolute atomic E-state index is 13.1. The number of halogens is 2. The van der Waals surface area contributed by atoms with Gasteiger partial charge in [-0.2, -0.15) is 0 Å². The number of carbonyl (C=O) groups excluding carboxylic acids is 1. The Bertz CT molecular complexity index is 673. The molecule has 21 heavy (non-hydrogen) atoms. The molecule has 0 aromatic heterocycles. The lowest BCUT2D eigenvalue weighted by Gasteiger charge is -2.06. The van der Waals surface area contributed by atoms with Gasteiger partial charge in [0.15, 0.2) is 0 Å². The molecule has 1 fully saturated rings. The van der Waals surface area contributed by atoms with Crippen molar-refractivity contribution >= 4 is 17.5 Å². The highest BCUT2D eigenvalue weighted by Crippen LogP contribution is 2.43. The number of hydrogen-bond acceptors (Lipinski definition) is 1. The van der Waals surface area contributed by atoms with Crippen LogP contribution in [0.15, 0.2) is 48.5 Å². The van der Waals surface area contributed by atoms with Gasteiger partial charge in [-0.1, -0.05) is 41.9 Å². The molecule has 108 valence electrons. The van der Waals surface area contributed by atoms with Crippen LogP contribution in [0.1, 0.15) is 23.5 Å². The van der Waals surface area contributed by atoms with Crippen LogP contribution in [0.2, 0.25) is 5.02 Å². The molecule has 1 aliphatic carbocycles. The zero-order valence-corrected chi connectivity index (χ0v) is 12.1. The Morgan fingerprint density at radius 1 is 1.24 bits per heavy atom. The summed E-state index contributed by atoms with van der Waals surface area (Å²) in [6.07, 6.45) is 1.10. The SMILES string of the molecule is O=C(Cc1cccc(F)c1)N[C@@H]1C[C@H]1c1ccccc1Cl. The minimum atomic E-state index is -0.319. The molecule has 2 aromatic rings. The number of carbonyl (C=O) groups is 1. The highest BCUT2D eigenvalue weighted by Gasteiger charge is 2.40. The summed E-state index contributed by atoms with van der Waals surface area (Å²) in [4.78, 5) is 12.0. The van der Waals surface area contributed by atoms with Gasteiger partial charge < -0.3 is 5.32 Å². The predicted octanol–water partition coefficient (Wildman–Crippen LogP) is 3.69. The first-order valence-electron chi connectivity index (χ1n) is 6.92. The maximum Gasteiger partial charge on any atom is 0.224 e. The molecule has 0 spiro atoms. The number of hydrogen-bond donors (Lipinski definition) is 1. The van der Waals surface area contributed by atoms with E-state index >= 15 is 0 Å². The van der Waals surface area contributed by atoms with Gasteiger partial charge in [0, 0.05) is 17.0 Å². The van der Waals surface area contributed by atoms with Crippen molar-refractivity contribution in [1.82, 2.24) is 5.32 Å². The molecule has 2 atom stereocenters. The van der Waals surface area contributed by atoms with E-state index in [1.807, 2.05) is 24.3 Å². The summed E-state index contributed by atoms with van der Waals surface area (Å²) in [6, 6.07) is 13.9. The van der Waals surface area contributed by atoms with Crippen molar-refractivity contribution < 1.29 is 9.18 Å². The number of benzene rings is 2. The number of nitrogens with one attached hydrogen (secondary N) is 1. The fourth-order valence-electron chi connectivity index (χ4n) is 2.56. The second-order valence-corrected chi connectivity index (χ2v) is 5.75. The average molecular weight is 304 g/mol. The molecule has 1 amide bonds. The molecule has 3 rings (SSSR count). The summed E-state index contributed by atoms with van der Waals surface area (Å²) >= 11 is 6.15. The third-order valence-electron chi connectivity index (χ3n) is 3.70. The van der Waals surface area contributed by atoms with Crippen LogP contribution in [0, 0.1) is 5.82 Å². The summed E-state index contributed by atoms with van der Waals surface area (Å²) in [5.74, 6) is -0.115. The van der Waals surface area contributed by atoms with Crippen molar-refractivity contribution in [3.63, 3.8) is 0 Å². The summed E-state index contributed by atoms with van der Waals surface area (Å²) in [5.41, 5.74) is 1.76. The molecular formula is C17H15ClFNO. The van der Waals surface area contributed by atoms with E-state index in [0.29, 0.717) is 5.56 Å². The smallest absolute Gasteiger partial charge is 0.224 e. The van der Waals surface area contributed by atoms with Gasteiger partial charge in [-0.15, -0.1) is 0 Å². The van der Waals surface area contributed by atoms with Gasteiger partial charge in [-0.3, -0.25) is 4.79 Å². The molecule has 0 unspecified atom stereocenters. The Hall–Kier alpha value is -1.87. The quantitative estimate of drug-likeness (QED) is 0.917. The zero-order chi connectivity index (χ0) is 14.8. The van der Waals surface area contributed by atoms with Crippen molar-refractivity contribution in [3.8, 4) is 0 Å². The minimum absolute atomic E-state index is 0.0832. The second kappa shape index (κ2) is 5.86. The van der Waals surface area contributed by atoms with E-state index in [1.54, 1.807) is 12.1 Å². The minimum Gasteiger partial charge on any atom is -0.352 e. The van der Waals surface area contributed by atoms with E-state index in [4.69, 9.17) is 11.6 Å².